The summed E-state index contributed by atoms with van der Waals surface area (Å²) in [5.74, 6) is 0. The van der Waals surface area contributed by atoms with Gasteiger partial charge in [0.25, 0.3) is 0 Å². The summed E-state index contributed by atoms with van der Waals surface area (Å²) in [7, 11) is -22.8. The monoisotopic (exact) mass is 1020 g/mol. The molecule has 0 bridgehead atoms. The summed E-state index contributed by atoms with van der Waals surface area (Å²) in [5, 5.41) is 0. The van der Waals surface area contributed by atoms with E-state index in [4.69, 9.17) is 45.6 Å². The van der Waals surface area contributed by atoms with Crippen LogP contribution in [0.3, 0.4) is 0 Å². The lowest BCUT2D eigenvalue weighted by molar-refractivity contribution is 0.182. The third-order valence-corrected chi connectivity index (χ3v) is 46.1. The van der Waals surface area contributed by atoms with Crippen LogP contribution in [-0.2, 0) is 45.6 Å². The Bertz CT molecular complexity index is 1060. The van der Waals surface area contributed by atoms with Crippen LogP contribution in [0.25, 0.3) is 0 Å². The van der Waals surface area contributed by atoms with Crippen molar-refractivity contribution in [3.05, 3.63) is 0 Å². The van der Waals surface area contributed by atoms with E-state index in [-0.39, 0.29) is 0 Å². The van der Waals surface area contributed by atoms with E-state index in [1.54, 1.807) is 7.11 Å². The minimum atomic E-state index is -2.73. The van der Waals surface area contributed by atoms with Gasteiger partial charge in [-0.2, -0.15) is 0 Å². The van der Waals surface area contributed by atoms with Gasteiger partial charge in [-0.05, 0) is 190 Å². The van der Waals surface area contributed by atoms with Gasteiger partial charge in [-0.15, -0.1) is 0 Å². The van der Waals surface area contributed by atoms with Gasteiger partial charge in [0.1, 0.15) is 0 Å². The van der Waals surface area contributed by atoms with E-state index in [1.807, 2.05) is 32.7 Å². The van der Waals surface area contributed by atoms with E-state index in [2.05, 4.69) is 170 Å². The molecule has 0 amide bonds. The molecule has 24 heteroatoms. The molecule has 1 heterocycles. The summed E-state index contributed by atoms with van der Waals surface area (Å²) in [4.78, 5) is 0. The van der Waals surface area contributed by atoms with Crippen LogP contribution in [0.15, 0.2) is 0 Å². The van der Waals surface area contributed by atoms with Crippen LogP contribution in [0.4, 0.5) is 0 Å². The zero-order valence-corrected chi connectivity index (χ0v) is 56.0. The Kier molecular flexibility index (Phi) is 24.4. The fourth-order valence-corrected chi connectivity index (χ4v) is 57.6. The van der Waals surface area contributed by atoms with Crippen LogP contribution >= 0.6 is 0 Å². The first-order valence-electron chi connectivity index (χ1n) is 20.2. The van der Waals surface area contributed by atoms with E-state index in [0.717, 1.165) is 0 Å². The van der Waals surface area contributed by atoms with Gasteiger partial charge >= 0.3 is 51.9 Å². The van der Waals surface area contributed by atoms with Gasteiger partial charge in [0.15, 0.2) is 58.2 Å². The largest absolute Gasteiger partial charge is 0.469 e. The van der Waals surface area contributed by atoms with Gasteiger partial charge in [0.05, 0.1) is 0 Å². The molecule has 1 aliphatic heterocycles. The highest BCUT2D eigenvalue weighted by molar-refractivity contribution is 6.94. The van der Waals surface area contributed by atoms with Gasteiger partial charge in [-0.25, -0.2) is 0 Å². The molecule has 0 radical (unpaired) electrons. The maximum absolute atomic E-state index is 6.35. The molecule has 0 spiro atoms. The van der Waals surface area contributed by atoms with Crippen molar-refractivity contribution in [3.63, 3.8) is 0 Å². The number of rotatable bonds is 13. The van der Waals surface area contributed by atoms with Crippen molar-refractivity contribution in [2.75, 3.05) is 7.11 Å². The van der Waals surface area contributed by atoms with Crippen molar-refractivity contribution in [3.8, 4) is 0 Å². The second-order valence-electron chi connectivity index (χ2n) is 23.3. The molecule has 1 saturated heterocycles. The molecule has 0 unspecified atom stereocenters. The quantitative estimate of drug-likeness (QED) is 0.165. The van der Waals surface area contributed by atoms with Crippen molar-refractivity contribution in [2.45, 2.75) is 203 Å². The Labute approximate surface area is 363 Å². The lowest BCUT2D eigenvalue weighted by Crippen LogP contribution is -2.67. The standard InChI is InChI=1S/C10H30O5Si5.C10H30O3Si4.C8H24O2Si3.C4H12OSi/c1-16(2,3)11-20(10)14-18(6,7)12-17(4,5)13-19(8,9)15-20;1-14(2,3)11-17(10,12-15(4,5)6)13-16(7,8)9;1-11(2,3)9-13(7,8)10-12(4,5)6;1-5-6(2,3)4/h1-10H3;1-10H3;1-8H3;1-4H3. The van der Waals surface area contributed by atoms with Crippen LogP contribution in [0.2, 0.25) is 203 Å². The van der Waals surface area contributed by atoms with Crippen molar-refractivity contribution < 1.29 is 45.6 Å². The normalized spacial score (nSPS) is 19.5. The van der Waals surface area contributed by atoms with Crippen LogP contribution in [0.1, 0.15) is 0 Å². The molecule has 342 valence electrons. The summed E-state index contributed by atoms with van der Waals surface area (Å²) in [6.45, 7) is 66.7. The Hall–Kier alpha value is 2.38. The van der Waals surface area contributed by atoms with Crippen molar-refractivity contribution >= 4 is 110 Å². The van der Waals surface area contributed by atoms with Crippen molar-refractivity contribution in [2.24, 2.45) is 0 Å². The summed E-state index contributed by atoms with van der Waals surface area (Å²) < 4.78 is 67.6. The summed E-state index contributed by atoms with van der Waals surface area (Å²) in [6.07, 6.45) is 0. The molecule has 0 aromatic rings. The minimum Gasteiger partial charge on any atom is -0.437 e. The second-order valence-corrected chi connectivity index (χ2v) is 76.1. The Morgan fingerprint density at radius 1 is 0.304 bits per heavy atom. The van der Waals surface area contributed by atoms with Crippen LogP contribution in [0.5, 0.6) is 0 Å². The van der Waals surface area contributed by atoms with Crippen molar-refractivity contribution in [1.82, 2.24) is 0 Å². The Morgan fingerprint density at radius 2 is 0.518 bits per heavy atom. The maximum atomic E-state index is 6.35. The van der Waals surface area contributed by atoms with Crippen LogP contribution < -0.4 is 0 Å². The Balaban J connectivity index is -0.000000713. The molecule has 0 aromatic carbocycles. The van der Waals surface area contributed by atoms with Gasteiger partial charge in [-0.3, -0.25) is 0 Å². The molecule has 0 aromatic heterocycles. The molecule has 0 N–H and O–H groups in total. The molecule has 11 nitrogen and oxygen atoms in total. The van der Waals surface area contributed by atoms with Gasteiger partial charge in [-0.1, -0.05) is 0 Å². The van der Waals surface area contributed by atoms with E-state index < -0.39 is 110 Å². The molecule has 56 heavy (non-hydrogen) atoms. The predicted molar refractivity (Wildman–Crippen MR) is 274 cm³/mol. The highest BCUT2D eigenvalue weighted by atomic mass is 28.5. The van der Waals surface area contributed by atoms with Crippen molar-refractivity contribution in [1.29, 1.82) is 0 Å². The fourth-order valence-electron chi connectivity index (χ4n) is 5.98. The average Bonchev–Trinajstić information content (AvgIpc) is 2.66. The first kappa shape index (κ1) is 62.7. The van der Waals surface area contributed by atoms with Gasteiger partial charge < -0.3 is 45.6 Å². The van der Waals surface area contributed by atoms with Gasteiger partial charge in [0.2, 0.25) is 0 Å². The van der Waals surface area contributed by atoms with Gasteiger partial charge in [0, 0.05) is 20.2 Å². The fraction of sp³-hybridized carbons (Fsp3) is 1.00. The van der Waals surface area contributed by atoms with E-state index in [1.165, 1.54) is 0 Å². The smallest absolute Gasteiger partial charge is 0.437 e. The summed E-state index contributed by atoms with van der Waals surface area (Å²) in [5.41, 5.74) is 0. The third kappa shape index (κ3) is 40.5. The molecule has 0 saturated carbocycles. The minimum absolute atomic E-state index is 1.13. The van der Waals surface area contributed by atoms with E-state index in [9.17, 15) is 0 Å². The molecule has 1 aliphatic rings. The zero-order chi connectivity index (χ0) is 46.3. The lowest BCUT2D eigenvalue weighted by Gasteiger charge is -2.47. The number of hydrogen-bond acceptors (Lipinski definition) is 11. The predicted octanol–water partition coefficient (Wildman–Crippen LogP) is 12.6. The average molecular weight is 1020 g/mol. The van der Waals surface area contributed by atoms with Crippen LogP contribution in [0, 0.1) is 0 Å². The third-order valence-electron chi connectivity index (χ3n) is 5.53. The highest BCUT2D eigenvalue weighted by Gasteiger charge is 2.55. The first-order chi connectivity index (χ1) is 23.6. The molecule has 0 aliphatic carbocycles. The SMILES string of the molecule is CO[Si](C)(C)C.C[Si](C)(C)O[Si](C)(C)O[Si](C)(C)C.C[Si](C)(C)O[Si](C)(O[Si](C)(C)C)O[Si](C)(C)C.C[Si](C)(C)O[Si]1(C)O[Si](C)(C)O[Si](C)(C)O[Si](C)(C)O1. The maximum Gasteiger partial charge on any atom is 0.469 e. The van der Waals surface area contributed by atoms with E-state index in [0.29, 0.717) is 0 Å². The lowest BCUT2D eigenvalue weighted by atomic mass is 11.8. The second kappa shape index (κ2) is 21.8. The molecule has 1 fully saturated rings. The van der Waals surface area contributed by atoms with Crippen LogP contribution in [-0.4, -0.2) is 117 Å². The highest BCUT2D eigenvalue weighted by Crippen LogP contribution is 2.32. The summed E-state index contributed by atoms with van der Waals surface area (Å²) in [6, 6.07) is 0. The Morgan fingerprint density at radius 3 is 0.696 bits per heavy atom. The topological polar surface area (TPSA) is 102 Å². The molecular weight excluding hydrogens is 925 g/mol. The first-order valence-corrected chi connectivity index (χ1v) is 59.8. The van der Waals surface area contributed by atoms with E-state index >= 15 is 0 Å². The molecule has 1 rings (SSSR count). The summed E-state index contributed by atoms with van der Waals surface area (Å²) >= 11 is 0. The number of hydrogen-bond donors (Lipinski definition) is 0. The zero-order valence-electron chi connectivity index (χ0n) is 43.0. The molecular formula is C32H96O11Si13. The molecule has 0 atom stereocenters.